The lowest BCUT2D eigenvalue weighted by molar-refractivity contribution is 0.169. The van der Waals surface area contributed by atoms with Crippen molar-refractivity contribution < 1.29 is 14.3 Å². The lowest BCUT2D eigenvalue weighted by Gasteiger charge is -2.34. The number of aryl methyl sites for hydroxylation is 1. The summed E-state index contributed by atoms with van der Waals surface area (Å²) in [4.78, 5) is 13.9. The highest BCUT2D eigenvalue weighted by atomic mass is 16.7. The molecule has 5 nitrogen and oxygen atoms in total. The molecular formula is C14H18N2O3. The Bertz CT molecular complexity index is 512. The Hall–Kier alpha value is -1.91. The molecule has 0 radical (unpaired) electrons. The van der Waals surface area contributed by atoms with Crippen LogP contribution in [-0.4, -0.2) is 30.8 Å². The van der Waals surface area contributed by atoms with Gasteiger partial charge in [0.05, 0.1) is 0 Å². The monoisotopic (exact) mass is 262 g/mol. The molecule has 1 aliphatic carbocycles. The predicted octanol–water partition coefficient (Wildman–Crippen LogP) is 2.74. The number of carbonyl (C=O) groups excluding carboxylic acids is 1. The summed E-state index contributed by atoms with van der Waals surface area (Å²) in [6.45, 7) is 2.19. The van der Waals surface area contributed by atoms with Gasteiger partial charge >= 0.3 is 6.03 Å². The van der Waals surface area contributed by atoms with Gasteiger partial charge in [-0.25, -0.2) is 4.79 Å². The van der Waals surface area contributed by atoms with Crippen LogP contribution in [0.15, 0.2) is 12.1 Å². The minimum Gasteiger partial charge on any atom is -0.454 e. The molecule has 1 aromatic rings. The van der Waals surface area contributed by atoms with E-state index < -0.39 is 0 Å². The number of nitrogens with one attached hydrogen (secondary N) is 1. The third-order valence-corrected chi connectivity index (χ3v) is 3.90. The van der Waals surface area contributed by atoms with E-state index in [0.717, 1.165) is 29.8 Å². The molecule has 1 saturated carbocycles. The minimum absolute atomic E-state index is 0.0633. The molecule has 1 N–H and O–H groups in total. The second-order valence-corrected chi connectivity index (χ2v) is 5.15. The zero-order valence-corrected chi connectivity index (χ0v) is 11.2. The van der Waals surface area contributed by atoms with E-state index in [-0.39, 0.29) is 12.8 Å². The SMILES string of the molecule is Cc1cc2c(cc1NC(=O)N(C)C1CCC1)OCO2. The van der Waals surface area contributed by atoms with Gasteiger partial charge in [0.2, 0.25) is 6.79 Å². The first-order valence-corrected chi connectivity index (χ1v) is 6.59. The molecule has 3 rings (SSSR count). The summed E-state index contributed by atoms with van der Waals surface area (Å²) in [6, 6.07) is 4.03. The first-order chi connectivity index (χ1) is 9.15. The van der Waals surface area contributed by atoms with Gasteiger partial charge in [-0.05, 0) is 37.8 Å². The molecule has 0 aromatic heterocycles. The number of benzene rings is 1. The van der Waals surface area contributed by atoms with Crippen LogP contribution < -0.4 is 14.8 Å². The molecule has 1 aliphatic heterocycles. The highest BCUT2D eigenvalue weighted by Crippen LogP contribution is 2.36. The second kappa shape index (κ2) is 4.64. The number of anilines is 1. The highest BCUT2D eigenvalue weighted by Gasteiger charge is 2.26. The summed E-state index contributed by atoms with van der Waals surface area (Å²) in [7, 11) is 1.85. The van der Waals surface area contributed by atoms with Crippen LogP contribution in [0.2, 0.25) is 0 Å². The average molecular weight is 262 g/mol. The molecule has 0 saturated heterocycles. The van der Waals surface area contributed by atoms with Crippen LogP contribution in [0.5, 0.6) is 11.5 Å². The molecule has 19 heavy (non-hydrogen) atoms. The minimum atomic E-state index is -0.0633. The number of amides is 2. The molecule has 0 bridgehead atoms. The summed E-state index contributed by atoms with van der Waals surface area (Å²) in [5.74, 6) is 1.43. The number of nitrogens with zero attached hydrogens (tertiary/aromatic N) is 1. The molecule has 1 aromatic carbocycles. The summed E-state index contributed by atoms with van der Waals surface area (Å²) >= 11 is 0. The van der Waals surface area contributed by atoms with Crippen LogP contribution in [0.25, 0.3) is 0 Å². The van der Waals surface area contributed by atoms with Gasteiger partial charge in [0.25, 0.3) is 0 Å². The molecule has 0 unspecified atom stereocenters. The van der Waals surface area contributed by atoms with Gasteiger partial charge in [-0.2, -0.15) is 0 Å². The van der Waals surface area contributed by atoms with E-state index in [0.29, 0.717) is 11.8 Å². The molecule has 0 atom stereocenters. The number of rotatable bonds is 2. The van der Waals surface area contributed by atoms with Gasteiger partial charge in [0, 0.05) is 24.8 Å². The van der Waals surface area contributed by atoms with Crippen molar-refractivity contribution >= 4 is 11.7 Å². The van der Waals surface area contributed by atoms with Gasteiger partial charge in [-0.3, -0.25) is 0 Å². The fourth-order valence-electron chi connectivity index (χ4n) is 2.32. The van der Waals surface area contributed by atoms with E-state index >= 15 is 0 Å². The molecule has 0 spiro atoms. The molecule has 1 heterocycles. The Morgan fingerprint density at radius 1 is 1.32 bits per heavy atom. The predicted molar refractivity (Wildman–Crippen MR) is 71.7 cm³/mol. The van der Waals surface area contributed by atoms with Crippen molar-refractivity contribution in [1.29, 1.82) is 0 Å². The quantitative estimate of drug-likeness (QED) is 0.891. The summed E-state index contributed by atoms with van der Waals surface area (Å²) in [5, 5.41) is 2.94. The molecular weight excluding hydrogens is 244 g/mol. The van der Waals surface area contributed by atoms with Crippen molar-refractivity contribution in [2.75, 3.05) is 19.2 Å². The number of fused-ring (bicyclic) bond motifs is 1. The first-order valence-electron chi connectivity index (χ1n) is 6.59. The Morgan fingerprint density at radius 2 is 2.00 bits per heavy atom. The van der Waals surface area contributed by atoms with Crippen molar-refractivity contribution in [2.45, 2.75) is 32.2 Å². The van der Waals surface area contributed by atoms with E-state index in [2.05, 4.69) is 5.32 Å². The topological polar surface area (TPSA) is 50.8 Å². The second-order valence-electron chi connectivity index (χ2n) is 5.15. The molecule has 1 fully saturated rings. The van der Waals surface area contributed by atoms with Gasteiger partial charge in [0.15, 0.2) is 11.5 Å². The Labute approximate surface area is 112 Å². The van der Waals surface area contributed by atoms with Crippen LogP contribution in [0, 0.1) is 6.92 Å². The highest BCUT2D eigenvalue weighted by molar-refractivity contribution is 5.90. The largest absolute Gasteiger partial charge is 0.454 e. The Balaban J connectivity index is 1.74. The zero-order valence-electron chi connectivity index (χ0n) is 11.2. The number of hydrogen-bond acceptors (Lipinski definition) is 3. The van der Waals surface area contributed by atoms with Crippen molar-refractivity contribution in [3.63, 3.8) is 0 Å². The standard InChI is InChI=1S/C14H18N2O3/c1-9-6-12-13(19-8-18-12)7-11(9)15-14(17)16(2)10-4-3-5-10/h6-7,10H,3-5,8H2,1-2H3,(H,15,17). The van der Waals surface area contributed by atoms with Crippen molar-refractivity contribution in [3.8, 4) is 11.5 Å². The lowest BCUT2D eigenvalue weighted by Crippen LogP contribution is -2.43. The lowest BCUT2D eigenvalue weighted by atomic mass is 9.92. The van der Waals surface area contributed by atoms with Crippen molar-refractivity contribution in [1.82, 2.24) is 4.90 Å². The molecule has 102 valence electrons. The van der Waals surface area contributed by atoms with Crippen LogP contribution >= 0.6 is 0 Å². The van der Waals surface area contributed by atoms with Gasteiger partial charge in [0.1, 0.15) is 0 Å². The van der Waals surface area contributed by atoms with Gasteiger partial charge < -0.3 is 19.7 Å². The van der Waals surface area contributed by atoms with E-state index in [4.69, 9.17) is 9.47 Å². The van der Waals surface area contributed by atoms with E-state index in [9.17, 15) is 4.79 Å². The smallest absolute Gasteiger partial charge is 0.321 e. The maximum absolute atomic E-state index is 12.1. The third-order valence-electron chi connectivity index (χ3n) is 3.90. The summed E-state index contributed by atoms with van der Waals surface area (Å²) in [5.41, 5.74) is 1.75. The van der Waals surface area contributed by atoms with Crippen molar-refractivity contribution in [3.05, 3.63) is 17.7 Å². The molecule has 2 amide bonds. The Kier molecular flexibility index (Phi) is 2.97. The number of ether oxygens (including phenoxy) is 2. The Morgan fingerprint density at radius 3 is 2.63 bits per heavy atom. The van der Waals surface area contributed by atoms with Crippen LogP contribution in [0.1, 0.15) is 24.8 Å². The third kappa shape index (κ3) is 2.20. The molecule has 2 aliphatic rings. The maximum atomic E-state index is 12.1. The van der Waals surface area contributed by atoms with E-state index in [1.165, 1.54) is 6.42 Å². The summed E-state index contributed by atoms with van der Waals surface area (Å²) in [6.07, 6.45) is 3.42. The fraction of sp³-hybridized carbons (Fsp3) is 0.500. The van der Waals surface area contributed by atoms with Gasteiger partial charge in [-0.1, -0.05) is 0 Å². The number of urea groups is 1. The molecule has 5 heteroatoms. The number of hydrogen-bond donors (Lipinski definition) is 1. The fourth-order valence-corrected chi connectivity index (χ4v) is 2.32. The van der Waals surface area contributed by atoms with E-state index in [1.54, 1.807) is 4.90 Å². The number of carbonyl (C=O) groups is 1. The normalized spacial score (nSPS) is 16.9. The van der Waals surface area contributed by atoms with Crippen LogP contribution in [0.3, 0.4) is 0 Å². The van der Waals surface area contributed by atoms with E-state index in [1.807, 2.05) is 26.1 Å². The van der Waals surface area contributed by atoms with Gasteiger partial charge in [-0.15, -0.1) is 0 Å². The van der Waals surface area contributed by atoms with Crippen LogP contribution in [0.4, 0.5) is 10.5 Å². The zero-order chi connectivity index (χ0) is 13.4. The summed E-state index contributed by atoms with van der Waals surface area (Å²) < 4.78 is 10.6. The maximum Gasteiger partial charge on any atom is 0.321 e. The average Bonchev–Trinajstić information content (AvgIpc) is 2.74. The van der Waals surface area contributed by atoms with Crippen LogP contribution in [-0.2, 0) is 0 Å². The van der Waals surface area contributed by atoms with Crippen molar-refractivity contribution in [2.24, 2.45) is 0 Å². The first kappa shape index (κ1) is 12.1.